The molecular weight excluding hydrogens is 400 g/mol. The van der Waals surface area contributed by atoms with Gasteiger partial charge in [-0.05, 0) is 55.8 Å². The fourth-order valence-corrected chi connectivity index (χ4v) is 4.56. The van der Waals surface area contributed by atoms with Crippen LogP contribution in [-0.2, 0) is 4.79 Å². The standard InChI is InChI=1S/C19H19ClN4OS2/c1-11-5-6-13(20)10-15(11)21-18(25)12(2)27-19-23-22-17(16-4-3-9-26-16)24(19)14-7-8-14/h3-6,9-10,12,14H,7-8H2,1-2H3,(H,21,25)/t12-/m0/s1. The Morgan fingerprint density at radius 1 is 1.37 bits per heavy atom. The van der Waals surface area contributed by atoms with Crippen LogP contribution in [0.25, 0.3) is 10.7 Å². The van der Waals surface area contributed by atoms with E-state index in [2.05, 4.69) is 26.1 Å². The number of carbonyl (C=O) groups excluding carboxylic acids is 1. The Balaban J connectivity index is 1.52. The molecule has 5 nitrogen and oxygen atoms in total. The summed E-state index contributed by atoms with van der Waals surface area (Å²) in [6.07, 6.45) is 2.26. The largest absolute Gasteiger partial charge is 0.325 e. The molecule has 3 aromatic rings. The van der Waals surface area contributed by atoms with E-state index in [0.717, 1.165) is 40.0 Å². The number of carbonyl (C=O) groups is 1. The van der Waals surface area contributed by atoms with E-state index in [4.69, 9.17) is 11.6 Å². The molecule has 0 spiro atoms. The van der Waals surface area contributed by atoms with Gasteiger partial charge in [0.25, 0.3) is 0 Å². The highest BCUT2D eigenvalue weighted by molar-refractivity contribution is 8.00. The first-order valence-electron chi connectivity index (χ1n) is 8.75. The van der Waals surface area contributed by atoms with E-state index < -0.39 is 0 Å². The molecule has 1 saturated carbocycles. The molecule has 1 aliphatic rings. The van der Waals surface area contributed by atoms with Gasteiger partial charge < -0.3 is 5.32 Å². The summed E-state index contributed by atoms with van der Waals surface area (Å²) < 4.78 is 2.19. The number of aromatic nitrogens is 3. The zero-order valence-electron chi connectivity index (χ0n) is 15.0. The third-order valence-electron chi connectivity index (χ3n) is 4.43. The molecule has 1 atom stereocenters. The number of nitrogens with one attached hydrogen (secondary N) is 1. The van der Waals surface area contributed by atoms with E-state index in [1.165, 1.54) is 11.8 Å². The molecule has 0 unspecified atom stereocenters. The average Bonchev–Trinajstić information content (AvgIpc) is 3.16. The molecule has 1 amide bonds. The lowest BCUT2D eigenvalue weighted by molar-refractivity contribution is -0.115. The normalized spacial score (nSPS) is 14.9. The molecule has 0 bridgehead atoms. The van der Waals surface area contributed by atoms with Gasteiger partial charge in [-0.25, -0.2) is 0 Å². The van der Waals surface area contributed by atoms with Crippen molar-refractivity contribution >= 4 is 46.3 Å². The molecule has 27 heavy (non-hydrogen) atoms. The Labute approximate surface area is 171 Å². The summed E-state index contributed by atoms with van der Waals surface area (Å²) in [5.74, 6) is 0.821. The summed E-state index contributed by atoms with van der Waals surface area (Å²) in [6.45, 7) is 3.83. The average molecular weight is 419 g/mol. The van der Waals surface area contributed by atoms with Crippen LogP contribution in [-0.4, -0.2) is 25.9 Å². The Morgan fingerprint density at radius 3 is 2.89 bits per heavy atom. The SMILES string of the molecule is Cc1ccc(Cl)cc1NC(=O)[C@H](C)Sc1nnc(-c2cccs2)n1C1CC1. The van der Waals surface area contributed by atoms with Crippen LogP contribution in [0.3, 0.4) is 0 Å². The number of anilines is 1. The summed E-state index contributed by atoms with van der Waals surface area (Å²) >= 11 is 9.14. The maximum atomic E-state index is 12.7. The molecule has 140 valence electrons. The number of hydrogen-bond acceptors (Lipinski definition) is 5. The highest BCUT2D eigenvalue weighted by Crippen LogP contribution is 2.42. The van der Waals surface area contributed by atoms with Crippen LogP contribution in [0.2, 0.25) is 5.02 Å². The first-order chi connectivity index (χ1) is 13.0. The first-order valence-corrected chi connectivity index (χ1v) is 10.9. The number of thiophene rings is 1. The summed E-state index contributed by atoms with van der Waals surface area (Å²) in [5, 5.41) is 14.9. The monoisotopic (exact) mass is 418 g/mol. The Bertz CT molecular complexity index is 966. The molecule has 4 rings (SSSR count). The fraction of sp³-hybridized carbons (Fsp3) is 0.316. The Kier molecular flexibility index (Phi) is 5.25. The summed E-state index contributed by atoms with van der Waals surface area (Å²) in [5.41, 5.74) is 1.72. The van der Waals surface area contributed by atoms with Gasteiger partial charge in [-0.3, -0.25) is 9.36 Å². The third kappa shape index (κ3) is 4.05. The van der Waals surface area contributed by atoms with Crippen molar-refractivity contribution in [3.05, 3.63) is 46.3 Å². The van der Waals surface area contributed by atoms with Crippen LogP contribution in [0.4, 0.5) is 5.69 Å². The van der Waals surface area contributed by atoms with E-state index in [0.29, 0.717) is 11.1 Å². The van der Waals surface area contributed by atoms with Gasteiger partial charge in [0.2, 0.25) is 5.91 Å². The van der Waals surface area contributed by atoms with Crippen LogP contribution in [0.1, 0.15) is 31.4 Å². The van der Waals surface area contributed by atoms with Crippen LogP contribution in [0, 0.1) is 6.92 Å². The van der Waals surface area contributed by atoms with Gasteiger partial charge in [-0.1, -0.05) is 35.5 Å². The molecule has 2 heterocycles. The molecule has 0 saturated heterocycles. The Morgan fingerprint density at radius 2 is 2.19 bits per heavy atom. The van der Waals surface area contributed by atoms with Crippen LogP contribution >= 0.6 is 34.7 Å². The molecule has 1 aromatic carbocycles. The maximum absolute atomic E-state index is 12.7. The van der Waals surface area contributed by atoms with E-state index in [1.54, 1.807) is 17.4 Å². The van der Waals surface area contributed by atoms with E-state index in [9.17, 15) is 4.79 Å². The van der Waals surface area contributed by atoms with Gasteiger partial charge in [0, 0.05) is 16.8 Å². The van der Waals surface area contributed by atoms with Gasteiger partial charge in [-0.15, -0.1) is 21.5 Å². The van der Waals surface area contributed by atoms with Crippen molar-refractivity contribution in [3.8, 4) is 10.7 Å². The molecular formula is C19H19ClN4OS2. The number of thioether (sulfide) groups is 1. The lowest BCUT2D eigenvalue weighted by Gasteiger charge is -2.14. The predicted octanol–water partition coefficient (Wildman–Crippen LogP) is 5.42. The molecule has 0 radical (unpaired) electrons. The van der Waals surface area contributed by atoms with Gasteiger partial charge in [0.1, 0.15) is 0 Å². The van der Waals surface area contributed by atoms with Crippen molar-refractivity contribution in [1.82, 2.24) is 14.8 Å². The zero-order valence-corrected chi connectivity index (χ0v) is 17.4. The van der Waals surface area contributed by atoms with Crippen molar-refractivity contribution in [2.75, 3.05) is 5.32 Å². The molecule has 1 aliphatic carbocycles. The minimum atomic E-state index is -0.304. The Hall–Kier alpha value is -1.83. The second-order valence-electron chi connectivity index (χ2n) is 6.59. The van der Waals surface area contributed by atoms with Gasteiger partial charge in [0.15, 0.2) is 11.0 Å². The highest BCUT2D eigenvalue weighted by Gasteiger charge is 2.31. The predicted molar refractivity (Wildman–Crippen MR) is 112 cm³/mol. The van der Waals surface area contributed by atoms with Crippen molar-refractivity contribution in [1.29, 1.82) is 0 Å². The minimum absolute atomic E-state index is 0.0756. The van der Waals surface area contributed by atoms with Crippen LogP contribution in [0.15, 0.2) is 40.9 Å². The smallest absolute Gasteiger partial charge is 0.237 e. The number of rotatable bonds is 6. The molecule has 1 fully saturated rings. The number of aryl methyl sites for hydroxylation is 1. The third-order valence-corrected chi connectivity index (χ3v) is 6.58. The first kappa shape index (κ1) is 18.5. The number of benzene rings is 1. The summed E-state index contributed by atoms with van der Waals surface area (Å²) in [6, 6.07) is 9.99. The van der Waals surface area contributed by atoms with Crippen molar-refractivity contribution in [3.63, 3.8) is 0 Å². The summed E-state index contributed by atoms with van der Waals surface area (Å²) in [7, 11) is 0. The maximum Gasteiger partial charge on any atom is 0.237 e. The van der Waals surface area contributed by atoms with Crippen LogP contribution < -0.4 is 5.32 Å². The van der Waals surface area contributed by atoms with Gasteiger partial charge >= 0.3 is 0 Å². The van der Waals surface area contributed by atoms with E-state index in [1.807, 2.05) is 37.4 Å². The van der Waals surface area contributed by atoms with E-state index in [-0.39, 0.29) is 11.2 Å². The second kappa shape index (κ2) is 7.66. The molecule has 2 aromatic heterocycles. The number of amides is 1. The van der Waals surface area contributed by atoms with Crippen molar-refractivity contribution in [2.24, 2.45) is 0 Å². The minimum Gasteiger partial charge on any atom is -0.325 e. The fourth-order valence-electron chi connectivity index (χ4n) is 2.77. The number of halogens is 1. The lowest BCUT2D eigenvalue weighted by Crippen LogP contribution is -2.23. The van der Waals surface area contributed by atoms with Crippen molar-refractivity contribution < 1.29 is 4.79 Å². The van der Waals surface area contributed by atoms with Gasteiger partial charge in [-0.2, -0.15) is 0 Å². The lowest BCUT2D eigenvalue weighted by atomic mass is 10.2. The van der Waals surface area contributed by atoms with Crippen LogP contribution in [0.5, 0.6) is 0 Å². The number of nitrogens with zero attached hydrogens (tertiary/aromatic N) is 3. The van der Waals surface area contributed by atoms with E-state index >= 15 is 0 Å². The zero-order chi connectivity index (χ0) is 19.0. The highest BCUT2D eigenvalue weighted by atomic mass is 35.5. The quantitative estimate of drug-likeness (QED) is 0.543. The second-order valence-corrected chi connectivity index (χ2v) is 9.29. The number of hydrogen-bond donors (Lipinski definition) is 1. The van der Waals surface area contributed by atoms with Crippen molar-refractivity contribution in [2.45, 2.75) is 43.1 Å². The summed E-state index contributed by atoms with van der Waals surface area (Å²) in [4.78, 5) is 13.8. The molecule has 0 aliphatic heterocycles. The molecule has 1 N–H and O–H groups in total. The topological polar surface area (TPSA) is 59.8 Å². The van der Waals surface area contributed by atoms with Gasteiger partial charge in [0.05, 0.1) is 10.1 Å². The molecule has 8 heteroatoms.